The third kappa shape index (κ3) is 3.99. The highest BCUT2D eigenvalue weighted by Gasteiger charge is 2.31. The van der Waals surface area contributed by atoms with E-state index in [0.29, 0.717) is 25.9 Å². The maximum absolute atomic E-state index is 13.1. The Balaban J connectivity index is 2.07. The highest BCUT2D eigenvalue weighted by atomic mass is 32.2. The molecule has 2 aromatic carbocycles. The van der Waals surface area contributed by atoms with Crippen molar-refractivity contribution in [3.8, 4) is 11.1 Å². The summed E-state index contributed by atoms with van der Waals surface area (Å²) in [6.07, 6.45) is -2.72. The molecule has 1 fully saturated rings. The van der Waals surface area contributed by atoms with Crippen LogP contribution >= 0.6 is 24.0 Å². The van der Waals surface area contributed by atoms with Gasteiger partial charge in [-0.05, 0) is 65.9 Å². The summed E-state index contributed by atoms with van der Waals surface area (Å²) < 4.78 is 39.8. The predicted octanol–water partition coefficient (Wildman–Crippen LogP) is 5.48. The van der Waals surface area contributed by atoms with Crippen molar-refractivity contribution in [1.29, 1.82) is 0 Å². The minimum Gasteiger partial charge on any atom is -0.307 e. The number of hydrogen-bond donors (Lipinski definition) is 1. The summed E-state index contributed by atoms with van der Waals surface area (Å²) in [4.78, 5) is 12.3. The molecule has 0 atom stereocenters. The van der Waals surface area contributed by atoms with Crippen LogP contribution in [-0.2, 0) is 11.0 Å². The van der Waals surface area contributed by atoms with Gasteiger partial charge in [-0.1, -0.05) is 42.2 Å². The summed E-state index contributed by atoms with van der Waals surface area (Å²) in [5.74, 6) is -0.267. The molecule has 1 N–H and O–H groups in total. The molecule has 2 nitrogen and oxygen atoms in total. The van der Waals surface area contributed by atoms with Gasteiger partial charge < -0.3 is 5.32 Å². The molecule has 0 unspecified atom stereocenters. The lowest BCUT2D eigenvalue weighted by molar-refractivity contribution is -0.137. The van der Waals surface area contributed by atoms with Crippen molar-refractivity contribution in [3.63, 3.8) is 0 Å². The van der Waals surface area contributed by atoms with Gasteiger partial charge in [0.15, 0.2) is 0 Å². The first kappa shape index (κ1) is 18.7. The largest absolute Gasteiger partial charge is 0.416 e. The van der Waals surface area contributed by atoms with E-state index < -0.39 is 11.7 Å². The van der Waals surface area contributed by atoms with Gasteiger partial charge in [0, 0.05) is 0 Å². The van der Waals surface area contributed by atoms with Gasteiger partial charge in [-0.15, -0.1) is 0 Å². The molecule has 0 spiro atoms. The summed E-state index contributed by atoms with van der Waals surface area (Å²) in [6, 6.07) is 9.44. The Morgan fingerprint density at radius 1 is 1.12 bits per heavy atom. The number of alkyl halides is 3. The summed E-state index contributed by atoms with van der Waals surface area (Å²) in [5, 5.41) is 2.54. The molecule has 0 bridgehead atoms. The fraction of sp³-hybridized carbons (Fsp3) is 0.158. The Morgan fingerprint density at radius 3 is 2.46 bits per heavy atom. The normalized spacial score (nSPS) is 16.3. The number of hydrogen-bond acceptors (Lipinski definition) is 3. The van der Waals surface area contributed by atoms with Crippen LogP contribution in [0.25, 0.3) is 17.2 Å². The number of nitrogens with one attached hydrogen (secondary N) is 1. The Bertz CT molecular complexity index is 948. The lowest BCUT2D eigenvalue weighted by atomic mass is 9.95. The summed E-state index contributed by atoms with van der Waals surface area (Å²) in [7, 11) is 0. The minimum atomic E-state index is -4.40. The molecule has 1 amide bonds. The highest BCUT2D eigenvalue weighted by molar-refractivity contribution is 8.26. The van der Waals surface area contributed by atoms with Crippen LogP contribution in [-0.4, -0.2) is 10.2 Å². The van der Waals surface area contributed by atoms with Gasteiger partial charge >= 0.3 is 6.18 Å². The second kappa shape index (κ2) is 6.89. The molecule has 1 aliphatic heterocycles. The van der Waals surface area contributed by atoms with Gasteiger partial charge in [-0.25, -0.2) is 0 Å². The van der Waals surface area contributed by atoms with Crippen LogP contribution in [0.1, 0.15) is 22.3 Å². The number of halogens is 3. The van der Waals surface area contributed by atoms with Crippen LogP contribution in [0.3, 0.4) is 0 Å². The molecule has 0 radical (unpaired) electrons. The van der Waals surface area contributed by atoms with Gasteiger partial charge in [0.2, 0.25) is 0 Å². The molecule has 7 heteroatoms. The van der Waals surface area contributed by atoms with Gasteiger partial charge in [-0.3, -0.25) is 4.79 Å². The van der Waals surface area contributed by atoms with Crippen LogP contribution in [0.15, 0.2) is 41.3 Å². The zero-order valence-electron chi connectivity index (χ0n) is 13.9. The van der Waals surface area contributed by atoms with Crippen molar-refractivity contribution in [2.24, 2.45) is 0 Å². The molecular formula is C19H14F3NOS2. The quantitative estimate of drug-likeness (QED) is 0.541. The number of carbonyl (C=O) groups excluding carboxylic acids is 1. The van der Waals surface area contributed by atoms with E-state index in [-0.39, 0.29) is 5.91 Å². The molecule has 1 saturated heterocycles. The lowest BCUT2D eigenvalue weighted by Gasteiger charge is -2.13. The highest BCUT2D eigenvalue weighted by Crippen LogP contribution is 2.35. The molecule has 0 saturated carbocycles. The van der Waals surface area contributed by atoms with E-state index in [1.807, 2.05) is 19.1 Å². The Hall–Kier alpha value is -2.12. The second-order valence-electron chi connectivity index (χ2n) is 6.01. The van der Waals surface area contributed by atoms with Crippen LogP contribution < -0.4 is 5.32 Å². The lowest BCUT2D eigenvalue weighted by Crippen LogP contribution is -2.17. The van der Waals surface area contributed by atoms with E-state index in [1.54, 1.807) is 25.1 Å². The van der Waals surface area contributed by atoms with Gasteiger partial charge in [-0.2, -0.15) is 13.2 Å². The molecular weight excluding hydrogens is 379 g/mol. The average Bonchev–Trinajstić information content (AvgIpc) is 2.85. The van der Waals surface area contributed by atoms with E-state index in [2.05, 4.69) is 5.32 Å². The zero-order chi connectivity index (χ0) is 19.1. The van der Waals surface area contributed by atoms with E-state index in [4.69, 9.17) is 12.2 Å². The number of benzene rings is 2. The minimum absolute atomic E-state index is 0.267. The number of thioether (sulfide) groups is 1. The van der Waals surface area contributed by atoms with Crippen molar-refractivity contribution < 1.29 is 18.0 Å². The summed E-state index contributed by atoms with van der Waals surface area (Å²) >= 11 is 6.13. The van der Waals surface area contributed by atoms with E-state index in [0.717, 1.165) is 23.3 Å². The second-order valence-corrected chi connectivity index (χ2v) is 7.73. The number of aryl methyl sites for hydroxylation is 2. The van der Waals surface area contributed by atoms with Crippen molar-refractivity contribution in [1.82, 2.24) is 5.32 Å². The number of rotatable bonds is 2. The first-order chi connectivity index (χ1) is 12.1. The van der Waals surface area contributed by atoms with Crippen molar-refractivity contribution in [2.75, 3.05) is 0 Å². The average molecular weight is 393 g/mol. The molecule has 26 heavy (non-hydrogen) atoms. The standard InChI is InChI=1S/C19H14F3NOS2/c1-10-5-13(9-14(6-10)19(20,21)22)15-7-12(4-3-11(15)2)8-16-17(24)23-18(25)26-16/h3-9H,1-2H3,(H,23,24,25)/b16-8-. The number of carbonyl (C=O) groups is 1. The van der Waals surface area contributed by atoms with E-state index in [1.165, 1.54) is 11.8 Å². The smallest absolute Gasteiger partial charge is 0.307 e. The maximum atomic E-state index is 13.1. The Labute approximate surface area is 158 Å². The van der Waals surface area contributed by atoms with Gasteiger partial charge in [0.25, 0.3) is 5.91 Å². The fourth-order valence-corrected chi connectivity index (χ4v) is 3.76. The molecule has 1 aliphatic rings. The molecule has 2 aromatic rings. The topological polar surface area (TPSA) is 29.1 Å². The molecule has 3 rings (SSSR count). The van der Waals surface area contributed by atoms with Gasteiger partial charge in [0.05, 0.1) is 10.5 Å². The van der Waals surface area contributed by atoms with Crippen LogP contribution in [0.2, 0.25) is 0 Å². The van der Waals surface area contributed by atoms with Crippen molar-refractivity contribution >= 4 is 40.3 Å². The zero-order valence-corrected chi connectivity index (χ0v) is 15.5. The van der Waals surface area contributed by atoms with Crippen molar-refractivity contribution in [3.05, 3.63) is 63.6 Å². The van der Waals surface area contributed by atoms with Crippen LogP contribution in [0.4, 0.5) is 13.2 Å². The maximum Gasteiger partial charge on any atom is 0.416 e. The summed E-state index contributed by atoms with van der Waals surface area (Å²) in [6.45, 7) is 3.48. The SMILES string of the molecule is Cc1cc(-c2cc(/C=C3\SC(=S)NC3=O)ccc2C)cc(C(F)(F)F)c1. The van der Waals surface area contributed by atoms with Crippen molar-refractivity contribution in [2.45, 2.75) is 20.0 Å². The van der Waals surface area contributed by atoms with Crippen LogP contribution in [0.5, 0.6) is 0 Å². The fourth-order valence-electron chi connectivity index (χ4n) is 2.72. The third-order valence-electron chi connectivity index (χ3n) is 3.92. The Kier molecular flexibility index (Phi) is 4.94. The van der Waals surface area contributed by atoms with Gasteiger partial charge in [0.1, 0.15) is 4.32 Å². The third-order valence-corrected chi connectivity index (χ3v) is 5.08. The molecule has 0 aliphatic carbocycles. The van der Waals surface area contributed by atoms with E-state index in [9.17, 15) is 18.0 Å². The molecule has 0 aromatic heterocycles. The molecule has 1 heterocycles. The van der Waals surface area contributed by atoms with Crippen LogP contribution in [0, 0.1) is 13.8 Å². The summed E-state index contributed by atoms with van der Waals surface area (Å²) in [5.41, 5.74) is 2.63. The molecule has 134 valence electrons. The number of thiocarbonyl (C=S) groups is 1. The first-order valence-electron chi connectivity index (χ1n) is 7.68. The number of amides is 1. The Morgan fingerprint density at radius 2 is 1.85 bits per heavy atom. The predicted molar refractivity (Wildman–Crippen MR) is 103 cm³/mol. The van der Waals surface area contributed by atoms with E-state index >= 15 is 0 Å². The first-order valence-corrected chi connectivity index (χ1v) is 8.91. The monoisotopic (exact) mass is 393 g/mol.